The molecule has 2 N–H and O–H groups in total. The smallest absolute Gasteiger partial charge is 0.416 e. The molecular formula is C23H21F8NO2. The van der Waals surface area contributed by atoms with Crippen molar-refractivity contribution in [3.63, 3.8) is 0 Å². The first kappa shape index (κ1) is 24.7. The van der Waals surface area contributed by atoms with Crippen molar-refractivity contribution < 1.29 is 45.0 Å². The fraction of sp³-hybridized carbons (Fsp3) is 0.478. The van der Waals surface area contributed by atoms with Crippen molar-refractivity contribution >= 4 is 0 Å². The highest BCUT2D eigenvalue weighted by molar-refractivity contribution is 5.49. The summed E-state index contributed by atoms with van der Waals surface area (Å²) in [5.41, 5.74) is -4.25. The minimum atomic E-state index is -4.57. The maximum Gasteiger partial charge on any atom is 0.416 e. The first-order chi connectivity index (χ1) is 15.7. The minimum Gasteiger partial charge on any atom is -0.487 e. The van der Waals surface area contributed by atoms with Gasteiger partial charge in [0, 0.05) is 17.0 Å². The summed E-state index contributed by atoms with van der Waals surface area (Å²) >= 11 is 0. The van der Waals surface area contributed by atoms with Crippen LogP contribution in [-0.4, -0.2) is 36.1 Å². The summed E-state index contributed by atoms with van der Waals surface area (Å²) in [6, 6.07) is 5.03. The van der Waals surface area contributed by atoms with Gasteiger partial charge in [-0.05, 0) is 55.5 Å². The highest BCUT2D eigenvalue weighted by Gasteiger charge is 2.60. The second kappa shape index (κ2) is 8.37. The Morgan fingerprint density at radius 2 is 1.62 bits per heavy atom. The van der Waals surface area contributed by atoms with Gasteiger partial charge in [0.2, 0.25) is 0 Å². The van der Waals surface area contributed by atoms with Crippen molar-refractivity contribution in [2.24, 2.45) is 0 Å². The van der Waals surface area contributed by atoms with Crippen molar-refractivity contribution in [2.75, 3.05) is 13.2 Å². The Kier molecular flexibility index (Phi) is 6.08. The van der Waals surface area contributed by atoms with Crippen molar-refractivity contribution in [3.8, 4) is 5.75 Å². The van der Waals surface area contributed by atoms with E-state index in [1.54, 1.807) is 0 Å². The molecule has 4 rings (SSSR count). The predicted molar refractivity (Wildman–Crippen MR) is 105 cm³/mol. The second-order valence-corrected chi connectivity index (χ2v) is 8.94. The molecule has 2 aromatic carbocycles. The van der Waals surface area contributed by atoms with Crippen LogP contribution in [0, 0.1) is 11.6 Å². The number of hydrogen-bond donors (Lipinski definition) is 2. The lowest BCUT2D eigenvalue weighted by molar-refractivity contribution is -0.139. The Labute approximate surface area is 189 Å². The molecule has 0 amide bonds. The van der Waals surface area contributed by atoms with Crippen LogP contribution in [0.2, 0.25) is 0 Å². The van der Waals surface area contributed by atoms with Gasteiger partial charge < -0.3 is 15.2 Å². The summed E-state index contributed by atoms with van der Waals surface area (Å²) in [6.45, 7) is -1.80. The third-order valence-electron chi connectivity index (χ3n) is 6.77. The van der Waals surface area contributed by atoms with Gasteiger partial charge in [0.15, 0.2) is 11.6 Å². The summed E-state index contributed by atoms with van der Waals surface area (Å²) in [6.07, 6.45) is -9.42. The lowest BCUT2D eigenvalue weighted by Gasteiger charge is -2.55. The molecule has 2 aromatic rings. The molecule has 3 nitrogen and oxygen atoms in total. The normalized spacial score (nSPS) is 27.0. The quantitative estimate of drug-likeness (QED) is 0.567. The van der Waals surface area contributed by atoms with E-state index in [1.165, 1.54) is 12.1 Å². The average Bonchev–Trinajstić information content (AvgIpc) is 2.74. The molecule has 1 unspecified atom stereocenters. The summed E-state index contributed by atoms with van der Waals surface area (Å²) in [4.78, 5) is 0. The van der Waals surface area contributed by atoms with Crippen LogP contribution in [0.1, 0.15) is 36.0 Å². The Balaban J connectivity index is 1.75. The zero-order valence-corrected chi connectivity index (χ0v) is 17.7. The Hall–Kier alpha value is -2.40. The number of aliphatic hydroxyl groups is 1. The first-order valence-corrected chi connectivity index (χ1v) is 10.5. The SMILES string of the molecule is O[C@@]12COc3c(F)ccc(F)c3C1(Cc1ccc(C(F)(F)F)cc1)CC[C@@H](NCC(F)(F)F)C2. The van der Waals surface area contributed by atoms with Crippen LogP contribution in [0.15, 0.2) is 36.4 Å². The number of benzene rings is 2. The van der Waals surface area contributed by atoms with E-state index >= 15 is 4.39 Å². The molecule has 0 spiro atoms. The van der Waals surface area contributed by atoms with Crippen LogP contribution in [-0.2, 0) is 18.0 Å². The van der Waals surface area contributed by atoms with Crippen LogP contribution in [0.4, 0.5) is 35.1 Å². The van der Waals surface area contributed by atoms with Crippen LogP contribution < -0.4 is 10.1 Å². The topological polar surface area (TPSA) is 41.5 Å². The fourth-order valence-corrected chi connectivity index (χ4v) is 5.16. The summed E-state index contributed by atoms with van der Waals surface area (Å²) in [5.74, 6) is -2.15. The van der Waals surface area contributed by atoms with Gasteiger partial charge in [0.25, 0.3) is 0 Å². The van der Waals surface area contributed by atoms with Crippen molar-refractivity contribution in [2.45, 2.75) is 55.1 Å². The summed E-state index contributed by atoms with van der Waals surface area (Å²) < 4.78 is 112. The Bertz CT molecular complexity index is 1050. The second-order valence-electron chi connectivity index (χ2n) is 8.94. The van der Waals surface area contributed by atoms with E-state index in [1.807, 2.05) is 0 Å². The average molecular weight is 495 g/mol. The predicted octanol–water partition coefficient (Wildman–Crippen LogP) is 5.29. The molecule has 2 aliphatic rings. The highest BCUT2D eigenvalue weighted by atomic mass is 19.4. The molecule has 0 radical (unpaired) electrons. The molecule has 1 heterocycles. The van der Waals surface area contributed by atoms with Gasteiger partial charge in [-0.1, -0.05) is 12.1 Å². The van der Waals surface area contributed by atoms with E-state index in [0.29, 0.717) is 5.56 Å². The van der Waals surface area contributed by atoms with Gasteiger partial charge in [0.1, 0.15) is 18.0 Å². The molecule has 34 heavy (non-hydrogen) atoms. The van der Waals surface area contributed by atoms with Crippen LogP contribution in [0.3, 0.4) is 0 Å². The number of nitrogens with one attached hydrogen (secondary N) is 1. The third-order valence-corrected chi connectivity index (χ3v) is 6.77. The third kappa shape index (κ3) is 4.47. The molecule has 0 aromatic heterocycles. The van der Waals surface area contributed by atoms with Gasteiger partial charge in [-0.15, -0.1) is 0 Å². The number of fused-ring (bicyclic) bond motifs is 3. The molecule has 3 atom stereocenters. The van der Waals surface area contributed by atoms with E-state index in [9.17, 15) is 35.8 Å². The van der Waals surface area contributed by atoms with Crippen molar-refractivity contribution in [1.82, 2.24) is 5.32 Å². The molecule has 186 valence electrons. The summed E-state index contributed by atoms with van der Waals surface area (Å²) in [7, 11) is 0. The van der Waals surface area contributed by atoms with Gasteiger partial charge in [-0.3, -0.25) is 0 Å². The van der Waals surface area contributed by atoms with E-state index in [4.69, 9.17) is 4.74 Å². The number of halogens is 8. The Morgan fingerprint density at radius 1 is 0.971 bits per heavy atom. The maximum absolute atomic E-state index is 15.1. The van der Waals surface area contributed by atoms with E-state index in [-0.39, 0.29) is 31.2 Å². The molecule has 1 aliphatic carbocycles. The molecule has 1 fully saturated rings. The zero-order valence-electron chi connectivity index (χ0n) is 17.7. The molecule has 1 saturated carbocycles. The number of ether oxygens (including phenoxy) is 1. The lowest BCUT2D eigenvalue weighted by Crippen LogP contribution is -2.65. The Morgan fingerprint density at radius 3 is 2.24 bits per heavy atom. The molecule has 0 saturated heterocycles. The number of rotatable bonds is 4. The molecule has 1 aliphatic heterocycles. The monoisotopic (exact) mass is 495 g/mol. The van der Waals surface area contributed by atoms with Gasteiger partial charge in [-0.2, -0.15) is 26.3 Å². The van der Waals surface area contributed by atoms with E-state index in [0.717, 1.165) is 24.3 Å². The first-order valence-electron chi connectivity index (χ1n) is 10.5. The highest BCUT2D eigenvalue weighted by Crippen LogP contribution is 2.55. The molecular weight excluding hydrogens is 474 g/mol. The standard InChI is InChI=1S/C23H21F8NO2/c24-16-5-6-17(25)19-18(16)20(9-13-1-3-14(4-2-13)23(29,30)31)8-7-15(32-11-22(26,27)28)10-21(20,33)12-34-19/h1-6,15,32-33H,7-12H2/t15-,20?,21+/m1/s1. The van der Waals surface area contributed by atoms with Crippen molar-refractivity contribution in [3.05, 3.63) is 64.7 Å². The van der Waals surface area contributed by atoms with Crippen LogP contribution in [0.25, 0.3) is 0 Å². The summed E-state index contributed by atoms with van der Waals surface area (Å²) in [5, 5.41) is 14.0. The van der Waals surface area contributed by atoms with Crippen LogP contribution in [0.5, 0.6) is 5.75 Å². The van der Waals surface area contributed by atoms with Gasteiger partial charge >= 0.3 is 12.4 Å². The van der Waals surface area contributed by atoms with E-state index < -0.39 is 65.5 Å². The number of hydrogen-bond acceptors (Lipinski definition) is 3. The molecule has 11 heteroatoms. The van der Waals surface area contributed by atoms with Crippen LogP contribution >= 0.6 is 0 Å². The fourth-order valence-electron chi connectivity index (χ4n) is 5.16. The van der Waals surface area contributed by atoms with Gasteiger partial charge in [0.05, 0.1) is 12.1 Å². The van der Waals surface area contributed by atoms with E-state index in [2.05, 4.69) is 5.32 Å². The largest absolute Gasteiger partial charge is 0.487 e. The zero-order chi connectivity index (χ0) is 24.9. The maximum atomic E-state index is 15.1. The van der Waals surface area contributed by atoms with Gasteiger partial charge in [-0.25, -0.2) is 8.78 Å². The number of alkyl halides is 6. The minimum absolute atomic E-state index is 0.0449. The lowest BCUT2D eigenvalue weighted by atomic mass is 9.55. The molecule has 0 bridgehead atoms. The van der Waals surface area contributed by atoms with Crippen molar-refractivity contribution in [1.29, 1.82) is 0 Å².